The van der Waals surface area contributed by atoms with Gasteiger partial charge in [0.1, 0.15) is 11.3 Å². The summed E-state index contributed by atoms with van der Waals surface area (Å²) in [5, 5.41) is 0.232. The lowest BCUT2D eigenvalue weighted by Crippen LogP contribution is -2.38. The number of hydrogen-bond acceptors (Lipinski definition) is 5. The molecule has 120 valence electrons. The molecule has 22 heavy (non-hydrogen) atoms. The van der Waals surface area contributed by atoms with Crippen LogP contribution in [-0.4, -0.2) is 43.6 Å². The van der Waals surface area contributed by atoms with E-state index in [4.69, 9.17) is 26.8 Å². The van der Waals surface area contributed by atoms with Crippen molar-refractivity contribution in [3.8, 4) is 5.75 Å². The zero-order valence-corrected chi connectivity index (χ0v) is 13.2. The predicted molar refractivity (Wildman–Crippen MR) is 83.1 cm³/mol. The van der Waals surface area contributed by atoms with E-state index < -0.39 is 5.97 Å². The van der Waals surface area contributed by atoms with E-state index in [0.717, 1.165) is 19.3 Å². The lowest BCUT2D eigenvalue weighted by Gasteiger charge is -2.26. The maximum absolute atomic E-state index is 12.1. The summed E-state index contributed by atoms with van der Waals surface area (Å²) in [6.45, 7) is 1.14. The van der Waals surface area contributed by atoms with Crippen molar-refractivity contribution >= 4 is 29.2 Å². The number of anilines is 1. The average Bonchev–Trinajstić information content (AvgIpc) is 2.55. The highest BCUT2D eigenvalue weighted by Crippen LogP contribution is 2.29. The zero-order valence-electron chi connectivity index (χ0n) is 12.4. The molecule has 0 atom stereocenters. The Morgan fingerprint density at radius 1 is 1.27 bits per heavy atom. The maximum atomic E-state index is 12.1. The monoisotopic (exact) mass is 326 g/mol. The Bertz CT molecular complexity index is 571. The standard InChI is InChI=1S/C15H19ClN2O4/c1-21-13-8-12(17)11(16)7-10(13)15(20)22-9-14(19)18-5-3-2-4-6-18/h7-8H,2-6,9,17H2,1H3. The van der Waals surface area contributed by atoms with Gasteiger partial charge in [0.05, 0.1) is 17.8 Å². The molecular weight excluding hydrogens is 308 g/mol. The molecule has 1 aliphatic heterocycles. The number of methoxy groups -OCH3 is 1. The normalized spacial score (nSPS) is 14.5. The molecule has 1 fully saturated rings. The van der Waals surface area contributed by atoms with Crippen LogP contribution in [0.5, 0.6) is 5.75 Å². The van der Waals surface area contributed by atoms with Crippen LogP contribution in [0.15, 0.2) is 12.1 Å². The smallest absolute Gasteiger partial charge is 0.342 e. The quantitative estimate of drug-likeness (QED) is 0.677. The number of halogens is 1. The van der Waals surface area contributed by atoms with E-state index in [0.29, 0.717) is 18.8 Å². The van der Waals surface area contributed by atoms with Gasteiger partial charge in [-0.1, -0.05) is 11.6 Å². The fraction of sp³-hybridized carbons (Fsp3) is 0.467. The van der Waals surface area contributed by atoms with Crippen LogP contribution < -0.4 is 10.5 Å². The van der Waals surface area contributed by atoms with Crippen molar-refractivity contribution in [3.63, 3.8) is 0 Å². The van der Waals surface area contributed by atoms with Crippen molar-refractivity contribution in [2.45, 2.75) is 19.3 Å². The molecule has 1 saturated heterocycles. The number of esters is 1. The van der Waals surface area contributed by atoms with Crippen molar-refractivity contribution in [1.29, 1.82) is 0 Å². The highest BCUT2D eigenvalue weighted by atomic mass is 35.5. The molecule has 0 bridgehead atoms. The molecule has 1 aromatic carbocycles. The first-order valence-electron chi connectivity index (χ1n) is 7.11. The minimum Gasteiger partial charge on any atom is -0.496 e. The lowest BCUT2D eigenvalue weighted by molar-refractivity contribution is -0.135. The van der Waals surface area contributed by atoms with Gasteiger partial charge in [-0.3, -0.25) is 4.79 Å². The van der Waals surface area contributed by atoms with E-state index in [1.165, 1.54) is 19.2 Å². The van der Waals surface area contributed by atoms with Crippen LogP contribution in [-0.2, 0) is 9.53 Å². The summed E-state index contributed by atoms with van der Waals surface area (Å²) >= 11 is 5.91. The van der Waals surface area contributed by atoms with Gasteiger partial charge in [0.25, 0.3) is 5.91 Å². The molecule has 2 rings (SSSR count). The summed E-state index contributed by atoms with van der Waals surface area (Å²) in [6.07, 6.45) is 3.10. The van der Waals surface area contributed by atoms with Gasteiger partial charge in [-0.25, -0.2) is 4.79 Å². The van der Waals surface area contributed by atoms with Gasteiger partial charge in [0, 0.05) is 19.2 Å². The first-order valence-corrected chi connectivity index (χ1v) is 7.48. The van der Waals surface area contributed by atoms with Crippen molar-refractivity contribution in [2.24, 2.45) is 0 Å². The van der Waals surface area contributed by atoms with E-state index in [2.05, 4.69) is 0 Å². The highest BCUT2D eigenvalue weighted by Gasteiger charge is 2.21. The van der Waals surface area contributed by atoms with Crippen molar-refractivity contribution < 1.29 is 19.1 Å². The summed E-state index contributed by atoms with van der Waals surface area (Å²) in [5.74, 6) is -0.588. The molecule has 0 saturated carbocycles. The van der Waals surface area contributed by atoms with Crippen LogP contribution in [0, 0.1) is 0 Å². The SMILES string of the molecule is COc1cc(N)c(Cl)cc1C(=O)OCC(=O)N1CCCCC1. The van der Waals surface area contributed by atoms with Crippen LogP contribution in [0.25, 0.3) is 0 Å². The van der Waals surface area contributed by atoms with Crippen molar-refractivity contribution in [1.82, 2.24) is 4.90 Å². The molecule has 0 spiro atoms. The Kier molecular flexibility index (Phi) is 5.49. The molecule has 0 aliphatic carbocycles. The molecule has 6 nitrogen and oxygen atoms in total. The first kappa shape index (κ1) is 16.4. The first-order chi connectivity index (χ1) is 10.5. The Balaban J connectivity index is 2.00. The number of ether oxygens (including phenoxy) is 2. The van der Waals surface area contributed by atoms with E-state index in [-0.39, 0.29) is 28.8 Å². The Labute approximate surface area is 134 Å². The molecule has 1 heterocycles. The number of carbonyl (C=O) groups is 2. The molecule has 2 N–H and O–H groups in total. The van der Waals surface area contributed by atoms with Crippen molar-refractivity contribution in [2.75, 3.05) is 32.5 Å². The maximum Gasteiger partial charge on any atom is 0.342 e. The van der Waals surface area contributed by atoms with Gasteiger partial charge >= 0.3 is 5.97 Å². The summed E-state index contributed by atoms with van der Waals surface area (Å²) in [6, 6.07) is 2.83. The zero-order chi connectivity index (χ0) is 16.1. The summed E-state index contributed by atoms with van der Waals surface area (Å²) in [5.41, 5.74) is 6.11. The number of nitrogens with zero attached hydrogens (tertiary/aromatic N) is 1. The van der Waals surface area contributed by atoms with Crippen LogP contribution in [0.3, 0.4) is 0 Å². The van der Waals surface area contributed by atoms with E-state index in [1.807, 2.05) is 0 Å². The predicted octanol–water partition coefficient (Wildman–Crippen LogP) is 2.10. The van der Waals surface area contributed by atoms with Gasteiger partial charge in [0.15, 0.2) is 6.61 Å². The van der Waals surface area contributed by atoms with E-state index in [9.17, 15) is 9.59 Å². The van der Waals surface area contributed by atoms with Gasteiger partial charge in [-0.15, -0.1) is 0 Å². The Morgan fingerprint density at radius 3 is 2.59 bits per heavy atom. The second-order valence-electron chi connectivity index (χ2n) is 5.09. The second kappa shape index (κ2) is 7.35. The molecule has 0 unspecified atom stereocenters. The largest absolute Gasteiger partial charge is 0.496 e. The third-order valence-corrected chi connectivity index (χ3v) is 3.90. The molecule has 1 aliphatic rings. The fourth-order valence-corrected chi connectivity index (χ4v) is 2.50. The van der Waals surface area contributed by atoms with Crippen LogP contribution in [0.4, 0.5) is 5.69 Å². The number of rotatable bonds is 4. The summed E-state index contributed by atoms with van der Waals surface area (Å²) < 4.78 is 10.2. The fourth-order valence-electron chi connectivity index (χ4n) is 2.34. The van der Waals surface area contributed by atoms with Gasteiger partial charge < -0.3 is 20.1 Å². The molecule has 0 radical (unpaired) electrons. The van der Waals surface area contributed by atoms with Gasteiger partial charge in [0.2, 0.25) is 0 Å². The number of benzene rings is 1. The van der Waals surface area contributed by atoms with Gasteiger partial charge in [-0.05, 0) is 25.3 Å². The number of hydrogen-bond donors (Lipinski definition) is 1. The highest BCUT2D eigenvalue weighted by molar-refractivity contribution is 6.33. The third-order valence-electron chi connectivity index (χ3n) is 3.57. The molecule has 7 heteroatoms. The minimum atomic E-state index is -0.663. The van der Waals surface area contributed by atoms with Crippen LogP contribution in [0.2, 0.25) is 5.02 Å². The number of piperidine rings is 1. The Hall–Kier alpha value is -1.95. The van der Waals surface area contributed by atoms with Gasteiger partial charge in [-0.2, -0.15) is 0 Å². The number of nitrogens with two attached hydrogens (primary N) is 1. The van der Waals surface area contributed by atoms with Crippen LogP contribution >= 0.6 is 11.6 Å². The van der Waals surface area contributed by atoms with E-state index >= 15 is 0 Å². The Morgan fingerprint density at radius 2 is 1.95 bits per heavy atom. The lowest BCUT2D eigenvalue weighted by atomic mass is 10.1. The summed E-state index contributed by atoms with van der Waals surface area (Å²) in [4.78, 5) is 25.8. The number of nitrogen functional groups attached to an aromatic ring is 1. The summed E-state index contributed by atoms with van der Waals surface area (Å²) in [7, 11) is 1.42. The number of carbonyl (C=O) groups excluding carboxylic acids is 2. The van der Waals surface area contributed by atoms with Crippen LogP contribution in [0.1, 0.15) is 29.6 Å². The van der Waals surface area contributed by atoms with Crippen molar-refractivity contribution in [3.05, 3.63) is 22.7 Å². The molecule has 1 amide bonds. The molecular formula is C15H19ClN2O4. The average molecular weight is 327 g/mol. The van der Waals surface area contributed by atoms with E-state index in [1.54, 1.807) is 4.90 Å². The molecule has 0 aromatic heterocycles. The number of amides is 1. The topological polar surface area (TPSA) is 81.9 Å². The molecule has 1 aromatic rings. The number of likely N-dealkylation sites (tertiary alicyclic amines) is 1. The minimum absolute atomic E-state index is 0.146. The second-order valence-corrected chi connectivity index (χ2v) is 5.50. The third kappa shape index (κ3) is 3.82.